The first kappa shape index (κ1) is 17.3. The van der Waals surface area contributed by atoms with Crippen molar-refractivity contribution in [1.29, 1.82) is 0 Å². The molecule has 2 aromatic heterocycles. The molecule has 4 heterocycles. The van der Waals surface area contributed by atoms with Crippen LogP contribution >= 0.6 is 0 Å². The summed E-state index contributed by atoms with van der Waals surface area (Å²) >= 11 is 0. The van der Waals surface area contributed by atoms with Gasteiger partial charge in [-0.15, -0.1) is 0 Å². The SMILES string of the molecule is CC(=O)N1CC(=O)N(c2cnn(C)c2)CC12CCN(C(=O)c1ccco1)C2. The summed E-state index contributed by atoms with van der Waals surface area (Å²) in [5, 5.41) is 4.14. The minimum atomic E-state index is -0.613. The number of hydrogen-bond donors (Lipinski definition) is 0. The van der Waals surface area contributed by atoms with Gasteiger partial charge in [0.2, 0.25) is 11.8 Å². The number of furan rings is 1. The Kier molecular flexibility index (Phi) is 4.01. The Morgan fingerprint density at radius 2 is 2.11 bits per heavy atom. The summed E-state index contributed by atoms with van der Waals surface area (Å²) in [6, 6.07) is 3.30. The van der Waals surface area contributed by atoms with E-state index >= 15 is 0 Å². The molecule has 1 atom stereocenters. The van der Waals surface area contributed by atoms with Crippen molar-refractivity contribution in [3.8, 4) is 0 Å². The first-order chi connectivity index (χ1) is 12.9. The van der Waals surface area contributed by atoms with Crippen LogP contribution < -0.4 is 4.90 Å². The van der Waals surface area contributed by atoms with Crippen LogP contribution in [-0.2, 0) is 16.6 Å². The van der Waals surface area contributed by atoms with E-state index in [0.717, 1.165) is 0 Å². The van der Waals surface area contributed by atoms with E-state index in [1.807, 2.05) is 0 Å². The Hall–Kier alpha value is -3.10. The molecule has 2 saturated heterocycles. The molecule has 2 aromatic rings. The third-order valence-corrected chi connectivity index (χ3v) is 5.35. The minimum Gasteiger partial charge on any atom is -0.459 e. The summed E-state index contributed by atoms with van der Waals surface area (Å²) < 4.78 is 6.85. The van der Waals surface area contributed by atoms with Crippen LogP contribution in [0.15, 0.2) is 35.2 Å². The average Bonchev–Trinajstić information content (AvgIpc) is 3.37. The number of carbonyl (C=O) groups excluding carboxylic acids is 3. The lowest BCUT2D eigenvalue weighted by Gasteiger charge is -2.47. The first-order valence-electron chi connectivity index (χ1n) is 8.80. The summed E-state index contributed by atoms with van der Waals surface area (Å²) in [4.78, 5) is 42.6. The highest BCUT2D eigenvalue weighted by Gasteiger charge is 2.51. The van der Waals surface area contributed by atoms with E-state index in [-0.39, 0.29) is 30.0 Å². The zero-order chi connectivity index (χ0) is 19.2. The minimum absolute atomic E-state index is 0.00693. The predicted octanol–water partition coefficient (Wildman–Crippen LogP) is 0.493. The fourth-order valence-corrected chi connectivity index (χ4v) is 4.02. The maximum atomic E-state index is 12.7. The molecule has 0 saturated carbocycles. The summed E-state index contributed by atoms with van der Waals surface area (Å²) in [5.41, 5.74) is 0.0820. The predicted molar refractivity (Wildman–Crippen MR) is 94.9 cm³/mol. The molecular weight excluding hydrogens is 350 g/mol. The number of carbonyl (C=O) groups is 3. The zero-order valence-corrected chi connectivity index (χ0v) is 15.3. The second-order valence-electron chi connectivity index (χ2n) is 7.14. The van der Waals surface area contributed by atoms with Crippen molar-refractivity contribution in [2.24, 2.45) is 7.05 Å². The van der Waals surface area contributed by atoms with Gasteiger partial charge < -0.3 is 19.1 Å². The molecule has 9 nitrogen and oxygen atoms in total. The Balaban J connectivity index is 1.62. The van der Waals surface area contributed by atoms with E-state index < -0.39 is 5.54 Å². The number of nitrogens with zero attached hydrogens (tertiary/aromatic N) is 5. The van der Waals surface area contributed by atoms with Crippen LogP contribution in [-0.4, -0.2) is 69.0 Å². The molecular formula is C18H21N5O4. The number of hydrogen-bond acceptors (Lipinski definition) is 5. The van der Waals surface area contributed by atoms with Crippen LogP contribution in [0.5, 0.6) is 0 Å². The van der Waals surface area contributed by atoms with Crippen molar-refractivity contribution in [3.63, 3.8) is 0 Å². The molecule has 0 aromatic carbocycles. The maximum Gasteiger partial charge on any atom is 0.289 e. The highest BCUT2D eigenvalue weighted by atomic mass is 16.3. The van der Waals surface area contributed by atoms with E-state index in [0.29, 0.717) is 31.7 Å². The third-order valence-electron chi connectivity index (χ3n) is 5.35. The largest absolute Gasteiger partial charge is 0.459 e. The van der Waals surface area contributed by atoms with Gasteiger partial charge in [-0.1, -0.05) is 0 Å². The number of piperazine rings is 1. The molecule has 142 valence electrons. The van der Waals surface area contributed by atoms with Gasteiger partial charge in [-0.2, -0.15) is 5.10 Å². The van der Waals surface area contributed by atoms with Gasteiger partial charge in [0.25, 0.3) is 5.91 Å². The van der Waals surface area contributed by atoms with Gasteiger partial charge in [-0.3, -0.25) is 19.1 Å². The summed E-state index contributed by atoms with van der Waals surface area (Å²) in [6.07, 6.45) is 5.47. The van der Waals surface area contributed by atoms with Gasteiger partial charge >= 0.3 is 0 Å². The van der Waals surface area contributed by atoms with E-state index in [1.165, 1.54) is 13.2 Å². The summed E-state index contributed by atoms with van der Waals surface area (Å²) in [6.45, 7) is 2.65. The van der Waals surface area contributed by atoms with Gasteiger partial charge in [0.15, 0.2) is 5.76 Å². The molecule has 3 amide bonds. The molecule has 0 bridgehead atoms. The van der Waals surface area contributed by atoms with E-state index in [1.54, 1.807) is 51.0 Å². The van der Waals surface area contributed by atoms with Crippen molar-refractivity contribution < 1.29 is 18.8 Å². The van der Waals surface area contributed by atoms with Crippen molar-refractivity contribution in [1.82, 2.24) is 19.6 Å². The number of aromatic nitrogens is 2. The monoisotopic (exact) mass is 371 g/mol. The number of amides is 3. The quantitative estimate of drug-likeness (QED) is 0.766. The van der Waals surface area contributed by atoms with Crippen molar-refractivity contribution in [2.75, 3.05) is 31.1 Å². The molecule has 2 fully saturated rings. The molecule has 0 N–H and O–H groups in total. The Morgan fingerprint density at radius 1 is 1.30 bits per heavy atom. The molecule has 2 aliphatic heterocycles. The van der Waals surface area contributed by atoms with Gasteiger partial charge in [-0.25, -0.2) is 0 Å². The number of anilines is 1. The molecule has 1 spiro atoms. The second kappa shape index (κ2) is 6.26. The lowest BCUT2D eigenvalue weighted by atomic mass is 9.92. The topological polar surface area (TPSA) is 91.9 Å². The Morgan fingerprint density at radius 3 is 2.74 bits per heavy atom. The van der Waals surface area contributed by atoms with Gasteiger partial charge in [0.05, 0.1) is 30.2 Å². The smallest absolute Gasteiger partial charge is 0.289 e. The van der Waals surface area contributed by atoms with Crippen LogP contribution in [0.1, 0.15) is 23.9 Å². The number of likely N-dealkylation sites (tertiary alicyclic amines) is 1. The number of rotatable bonds is 2. The molecule has 4 rings (SSSR count). The van der Waals surface area contributed by atoms with Crippen molar-refractivity contribution >= 4 is 23.4 Å². The van der Waals surface area contributed by atoms with Crippen LogP contribution in [0.3, 0.4) is 0 Å². The molecule has 1 unspecified atom stereocenters. The van der Waals surface area contributed by atoms with Crippen molar-refractivity contribution in [3.05, 3.63) is 36.5 Å². The summed E-state index contributed by atoms with van der Waals surface area (Å²) in [5.74, 6) is -0.247. The second-order valence-corrected chi connectivity index (χ2v) is 7.14. The van der Waals surface area contributed by atoms with E-state index in [9.17, 15) is 14.4 Å². The Labute approximate surface area is 156 Å². The fourth-order valence-electron chi connectivity index (χ4n) is 4.02. The lowest BCUT2D eigenvalue weighted by Crippen LogP contribution is -2.67. The normalized spacial score (nSPS) is 22.7. The van der Waals surface area contributed by atoms with Gasteiger partial charge in [0, 0.05) is 33.3 Å². The average molecular weight is 371 g/mol. The summed E-state index contributed by atoms with van der Waals surface area (Å²) in [7, 11) is 1.79. The fraction of sp³-hybridized carbons (Fsp3) is 0.444. The standard InChI is InChI=1S/C18H21N5O4/c1-13(24)23-10-16(25)22(14-8-19-20(2)9-14)12-18(23)5-6-21(11-18)17(26)15-4-3-7-27-15/h3-4,7-9H,5-6,10-12H2,1-2H3. The lowest BCUT2D eigenvalue weighted by molar-refractivity contribution is -0.142. The maximum absolute atomic E-state index is 12.7. The van der Waals surface area contributed by atoms with Gasteiger partial charge in [0.1, 0.15) is 6.54 Å². The molecule has 27 heavy (non-hydrogen) atoms. The van der Waals surface area contributed by atoms with Gasteiger partial charge in [-0.05, 0) is 18.6 Å². The molecule has 9 heteroatoms. The molecule has 0 radical (unpaired) electrons. The van der Waals surface area contributed by atoms with Crippen LogP contribution in [0, 0.1) is 0 Å². The van der Waals surface area contributed by atoms with Crippen LogP contribution in [0.2, 0.25) is 0 Å². The third kappa shape index (κ3) is 2.88. The Bertz CT molecular complexity index is 889. The van der Waals surface area contributed by atoms with E-state index in [4.69, 9.17) is 4.42 Å². The zero-order valence-electron chi connectivity index (χ0n) is 15.3. The highest BCUT2D eigenvalue weighted by molar-refractivity contribution is 5.98. The molecule has 0 aliphatic carbocycles. The van der Waals surface area contributed by atoms with Crippen LogP contribution in [0.25, 0.3) is 0 Å². The van der Waals surface area contributed by atoms with Crippen molar-refractivity contribution in [2.45, 2.75) is 18.9 Å². The molecule has 2 aliphatic rings. The van der Waals surface area contributed by atoms with E-state index in [2.05, 4.69) is 5.10 Å². The number of aryl methyl sites for hydroxylation is 1. The highest BCUT2D eigenvalue weighted by Crippen LogP contribution is 2.35. The van der Waals surface area contributed by atoms with Crippen LogP contribution in [0.4, 0.5) is 5.69 Å². The first-order valence-corrected chi connectivity index (χ1v) is 8.80.